The molecule has 1 fully saturated rings. The SMILES string of the molecule is O=C[C@@H]1C2CCCC2C=C[C@@H]1c1ccccc1. The second-order valence-corrected chi connectivity index (χ2v) is 5.29. The van der Waals surface area contributed by atoms with Gasteiger partial charge in [0.15, 0.2) is 0 Å². The molecule has 88 valence electrons. The molecule has 1 nitrogen and oxygen atoms in total. The third-order valence-electron chi connectivity index (χ3n) is 4.44. The number of hydrogen-bond acceptors (Lipinski definition) is 1. The van der Waals surface area contributed by atoms with Crippen molar-refractivity contribution in [1.82, 2.24) is 0 Å². The number of allylic oxidation sites excluding steroid dienone is 2. The summed E-state index contributed by atoms with van der Waals surface area (Å²) in [5.41, 5.74) is 1.28. The summed E-state index contributed by atoms with van der Waals surface area (Å²) in [6.45, 7) is 0. The Balaban J connectivity index is 1.94. The number of fused-ring (bicyclic) bond motifs is 1. The zero-order valence-corrected chi connectivity index (χ0v) is 9.96. The van der Waals surface area contributed by atoms with E-state index in [4.69, 9.17) is 0 Å². The maximum absolute atomic E-state index is 11.5. The summed E-state index contributed by atoms with van der Waals surface area (Å²) in [5.74, 6) is 1.73. The average molecular weight is 226 g/mol. The Morgan fingerprint density at radius 2 is 1.88 bits per heavy atom. The van der Waals surface area contributed by atoms with Crippen molar-refractivity contribution in [3.05, 3.63) is 48.0 Å². The minimum absolute atomic E-state index is 0.190. The number of carbonyl (C=O) groups excluding carboxylic acids is 1. The van der Waals surface area contributed by atoms with Crippen molar-refractivity contribution in [3.8, 4) is 0 Å². The maximum Gasteiger partial charge on any atom is 0.124 e. The van der Waals surface area contributed by atoms with Crippen molar-refractivity contribution >= 4 is 6.29 Å². The van der Waals surface area contributed by atoms with Crippen LogP contribution >= 0.6 is 0 Å². The highest BCUT2D eigenvalue weighted by Gasteiger charge is 2.39. The van der Waals surface area contributed by atoms with E-state index in [0.29, 0.717) is 17.8 Å². The molecule has 3 rings (SSSR count). The van der Waals surface area contributed by atoms with Crippen LogP contribution in [0, 0.1) is 17.8 Å². The fraction of sp³-hybridized carbons (Fsp3) is 0.438. The van der Waals surface area contributed by atoms with Gasteiger partial charge in [-0.25, -0.2) is 0 Å². The minimum Gasteiger partial charge on any atom is -0.303 e. The molecule has 0 N–H and O–H groups in total. The lowest BCUT2D eigenvalue weighted by Crippen LogP contribution is -2.28. The van der Waals surface area contributed by atoms with Crippen LogP contribution in [0.1, 0.15) is 30.7 Å². The number of hydrogen-bond donors (Lipinski definition) is 0. The highest BCUT2D eigenvalue weighted by atomic mass is 16.1. The van der Waals surface area contributed by atoms with Crippen molar-refractivity contribution in [1.29, 1.82) is 0 Å². The third kappa shape index (κ3) is 1.84. The lowest BCUT2D eigenvalue weighted by Gasteiger charge is -2.33. The van der Waals surface area contributed by atoms with Crippen LogP contribution in [0.25, 0.3) is 0 Å². The second-order valence-electron chi connectivity index (χ2n) is 5.29. The highest BCUT2D eigenvalue weighted by Crippen LogP contribution is 2.46. The van der Waals surface area contributed by atoms with Crippen LogP contribution in [0.4, 0.5) is 0 Å². The summed E-state index contributed by atoms with van der Waals surface area (Å²) in [5, 5.41) is 0. The van der Waals surface area contributed by atoms with Crippen molar-refractivity contribution in [3.63, 3.8) is 0 Å². The van der Waals surface area contributed by atoms with Gasteiger partial charge in [-0.15, -0.1) is 0 Å². The zero-order valence-electron chi connectivity index (χ0n) is 9.96. The van der Waals surface area contributed by atoms with E-state index in [1.807, 2.05) is 6.07 Å². The fourth-order valence-corrected chi connectivity index (χ4v) is 3.59. The number of rotatable bonds is 2. The van der Waals surface area contributed by atoms with Gasteiger partial charge in [0.05, 0.1) is 0 Å². The van der Waals surface area contributed by atoms with E-state index < -0.39 is 0 Å². The monoisotopic (exact) mass is 226 g/mol. The largest absolute Gasteiger partial charge is 0.303 e. The van der Waals surface area contributed by atoms with Gasteiger partial charge in [0, 0.05) is 11.8 Å². The van der Waals surface area contributed by atoms with E-state index in [0.717, 1.165) is 0 Å². The standard InChI is InChI=1S/C16H18O/c17-11-16-14-8-4-7-13(14)9-10-15(16)12-5-2-1-3-6-12/h1-3,5-6,9-11,13-16H,4,7-8H2/t13?,14?,15-,16-/m1/s1. The quantitative estimate of drug-likeness (QED) is 0.556. The predicted octanol–water partition coefficient (Wildman–Crippen LogP) is 3.57. The minimum atomic E-state index is 0.190. The van der Waals surface area contributed by atoms with Gasteiger partial charge in [-0.3, -0.25) is 0 Å². The van der Waals surface area contributed by atoms with E-state index in [2.05, 4.69) is 36.4 Å². The zero-order chi connectivity index (χ0) is 11.7. The Labute approximate surface area is 103 Å². The van der Waals surface area contributed by atoms with Crippen LogP contribution in [0.5, 0.6) is 0 Å². The predicted molar refractivity (Wildman–Crippen MR) is 68.7 cm³/mol. The van der Waals surface area contributed by atoms with Gasteiger partial charge >= 0.3 is 0 Å². The molecule has 0 aromatic heterocycles. The Hall–Kier alpha value is -1.37. The van der Waals surface area contributed by atoms with Gasteiger partial charge in [-0.05, 0) is 30.2 Å². The molecule has 17 heavy (non-hydrogen) atoms. The molecule has 1 aromatic carbocycles. The topological polar surface area (TPSA) is 17.1 Å². The molecular formula is C16H18O. The molecule has 0 saturated heterocycles. The summed E-state index contributed by atoms with van der Waals surface area (Å²) in [7, 11) is 0. The molecule has 1 heteroatoms. The van der Waals surface area contributed by atoms with Gasteiger partial charge in [0.1, 0.15) is 6.29 Å². The maximum atomic E-state index is 11.5. The lowest BCUT2D eigenvalue weighted by molar-refractivity contribution is -0.113. The molecule has 0 spiro atoms. The second kappa shape index (κ2) is 4.48. The molecule has 1 saturated carbocycles. The number of carbonyl (C=O) groups is 1. The van der Waals surface area contributed by atoms with Crippen LogP contribution < -0.4 is 0 Å². The van der Waals surface area contributed by atoms with Crippen LogP contribution in [-0.2, 0) is 4.79 Å². The van der Waals surface area contributed by atoms with Gasteiger partial charge in [-0.2, -0.15) is 0 Å². The number of aldehydes is 1. The van der Waals surface area contributed by atoms with E-state index in [1.54, 1.807) is 0 Å². The normalized spacial score (nSPS) is 35.5. The van der Waals surface area contributed by atoms with Gasteiger partial charge in [-0.1, -0.05) is 48.9 Å². The molecule has 2 aliphatic carbocycles. The fourth-order valence-electron chi connectivity index (χ4n) is 3.59. The summed E-state index contributed by atoms with van der Waals surface area (Å²) in [4.78, 5) is 11.5. The average Bonchev–Trinajstić information content (AvgIpc) is 2.86. The molecule has 0 aliphatic heterocycles. The molecule has 0 bridgehead atoms. The van der Waals surface area contributed by atoms with Gasteiger partial charge in [0.25, 0.3) is 0 Å². The van der Waals surface area contributed by atoms with E-state index in [1.165, 1.54) is 31.1 Å². The molecular weight excluding hydrogens is 208 g/mol. The van der Waals surface area contributed by atoms with Crippen LogP contribution in [0.2, 0.25) is 0 Å². The van der Waals surface area contributed by atoms with Crippen molar-refractivity contribution in [2.45, 2.75) is 25.2 Å². The summed E-state index contributed by atoms with van der Waals surface area (Å²) in [6, 6.07) is 10.4. The first-order valence-corrected chi connectivity index (χ1v) is 6.58. The van der Waals surface area contributed by atoms with Gasteiger partial charge < -0.3 is 4.79 Å². The lowest BCUT2D eigenvalue weighted by atomic mass is 9.70. The number of benzene rings is 1. The van der Waals surface area contributed by atoms with Crippen LogP contribution in [0.15, 0.2) is 42.5 Å². The summed E-state index contributed by atoms with van der Waals surface area (Å²) < 4.78 is 0. The first-order chi connectivity index (χ1) is 8.40. The smallest absolute Gasteiger partial charge is 0.124 e. The molecule has 0 amide bonds. The first-order valence-electron chi connectivity index (χ1n) is 6.58. The van der Waals surface area contributed by atoms with E-state index in [-0.39, 0.29) is 5.92 Å². The van der Waals surface area contributed by atoms with Crippen molar-refractivity contribution in [2.24, 2.45) is 17.8 Å². The summed E-state index contributed by atoms with van der Waals surface area (Å²) in [6.07, 6.45) is 9.60. The first kappa shape index (κ1) is 10.8. The molecule has 0 radical (unpaired) electrons. The Kier molecular flexibility index (Phi) is 2.84. The van der Waals surface area contributed by atoms with E-state index >= 15 is 0 Å². The van der Waals surface area contributed by atoms with Crippen LogP contribution in [-0.4, -0.2) is 6.29 Å². The van der Waals surface area contributed by atoms with Crippen molar-refractivity contribution < 1.29 is 4.79 Å². The molecule has 0 heterocycles. The van der Waals surface area contributed by atoms with Crippen molar-refractivity contribution in [2.75, 3.05) is 0 Å². The molecule has 2 aliphatic rings. The Morgan fingerprint density at radius 3 is 2.65 bits per heavy atom. The van der Waals surface area contributed by atoms with Gasteiger partial charge in [0.2, 0.25) is 0 Å². The third-order valence-corrected chi connectivity index (χ3v) is 4.44. The summed E-state index contributed by atoms with van der Waals surface area (Å²) >= 11 is 0. The molecule has 4 atom stereocenters. The Bertz CT molecular complexity index is 420. The Morgan fingerprint density at radius 1 is 1.06 bits per heavy atom. The molecule has 1 aromatic rings. The molecule has 2 unspecified atom stereocenters. The van der Waals surface area contributed by atoms with E-state index in [9.17, 15) is 4.79 Å². The highest BCUT2D eigenvalue weighted by molar-refractivity contribution is 5.58. The van der Waals surface area contributed by atoms with Crippen LogP contribution in [0.3, 0.4) is 0 Å².